The van der Waals surface area contributed by atoms with E-state index in [4.69, 9.17) is 4.42 Å². The second-order valence-corrected chi connectivity index (χ2v) is 9.79. The van der Waals surface area contributed by atoms with Gasteiger partial charge in [-0.25, -0.2) is 8.42 Å². The van der Waals surface area contributed by atoms with Crippen LogP contribution in [-0.2, 0) is 16.6 Å². The Hall–Kier alpha value is -3.43. The molecule has 1 aliphatic rings. The number of hydrogen-bond acceptors (Lipinski definition) is 5. The molecular weight excluding hydrogens is 442 g/mol. The van der Waals surface area contributed by atoms with Crippen molar-refractivity contribution in [2.24, 2.45) is 0 Å². The van der Waals surface area contributed by atoms with Crippen LogP contribution < -0.4 is 10.6 Å². The molecule has 1 saturated heterocycles. The summed E-state index contributed by atoms with van der Waals surface area (Å²) in [5.41, 5.74) is 1.48. The molecule has 0 spiro atoms. The van der Waals surface area contributed by atoms with Crippen LogP contribution in [0.2, 0.25) is 0 Å². The van der Waals surface area contributed by atoms with E-state index >= 15 is 0 Å². The fourth-order valence-corrected chi connectivity index (χ4v) is 5.28. The van der Waals surface area contributed by atoms with Crippen molar-refractivity contribution in [1.29, 1.82) is 0 Å². The number of benzene rings is 2. The van der Waals surface area contributed by atoms with Crippen molar-refractivity contribution in [2.75, 3.05) is 18.4 Å². The lowest BCUT2D eigenvalue weighted by atomic mass is 10.1. The van der Waals surface area contributed by atoms with E-state index in [0.29, 0.717) is 30.1 Å². The molecule has 2 aromatic carbocycles. The molecule has 4 rings (SSSR count). The lowest BCUT2D eigenvalue weighted by Gasteiger charge is -2.17. The van der Waals surface area contributed by atoms with Gasteiger partial charge in [0.05, 0.1) is 29.0 Å². The number of amides is 2. The Kier molecular flexibility index (Phi) is 6.62. The van der Waals surface area contributed by atoms with Gasteiger partial charge in [0.1, 0.15) is 5.76 Å². The molecule has 0 atom stereocenters. The number of rotatable bonds is 7. The number of hydrogen-bond donors (Lipinski definition) is 2. The van der Waals surface area contributed by atoms with Gasteiger partial charge in [-0.15, -0.1) is 0 Å². The molecule has 1 fully saturated rings. The summed E-state index contributed by atoms with van der Waals surface area (Å²) in [6, 6.07) is 14.7. The van der Waals surface area contributed by atoms with E-state index in [2.05, 4.69) is 10.6 Å². The van der Waals surface area contributed by atoms with E-state index in [1.807, 2.05) is 0 Å². The SMILES string of the molecule is Cc1ccc(S(=O)(=O)N2CCCC2)cc1C(=O)Nc1ccccc1C(=O)NCc1ccco1. The highest BCUT2D eigenvalue weighted by molar-refractivity contribution is 7.89. The first kappa shape index (κ1) is 22.8. The van der Waals surface area contributed by atoms with E-state index in [1.54, 1.807) is 49.4 Å². The lowest BCUT2D eigenvalue weighted by Crippen LogP contribution is -2.28. The van der Waals surface area contributed by atoms with Crippen LogP contribution in [0.15, 0.2) is 70.2 Å². The summed E-state index contributed by atoms with van der Waals surface area (Å²) < 4.78 is 32.5. The van der Waals surface area contributed by atoms with Crippen LogP contribution in [-0.4, -0.2) is 37.6 Å². The highest BCUT2D eigenvalue weighted by atomic mass is 32.2. The number of nitrogens with one attached hydrogen (secondary N) is 2. The zero-order chi connectivity index (χ0) is 23.4. The van der Waals surface area contributed by atoms with Crippen molar-refractivity contribution >= 4 is 27.5 Å². The minimum Gasteiger partial charge on any atom is -0.467 e. The third-order valence-electron chi connectivity index (χ3n) is 5.58. The molecule has 2 amide bonds. The predicted octanol–water partition coefficient (Wildman–Crippen LogP) is 3.55. The molecule has 0 radical (unpaired) electrons. The number of carbonyl (C=O) groups is 2. The molecule has 33 heavy (non-hydrogen) atoms. The Morgan fingerprint density at radius 1 is 0.970 bits per heavy atom. The molecule has 2 heterocycles. The molecule has 0 bridgehead atoms. The number of para-hydroxylation sites is 1. The van der Waals surface area contributed by atoms with Crippen LogP contribution in [0.5, 0.6) is 0 Å². The topological polar surface area (TPSA) is 109 Å². The predicted molar refractivity (Wildman–Crippen MR) is 123 cm³/mol. The number of furan rings is 1. The van der Waals surface area contributed by atoms with Crippen LogP contribution >= 0.6 is 0 Å². The largest absolute Gasteiger partial charge is 0.467 e. The Morgan fingerprint density at radius 2 is 1.73 bits per heavy atom. The number of anilines is 1. The number of carbonyl (C=O) groups excluding carboxylic acids is 2. The smallest absolute Gasteiger partial charge is 0.255 e. The van der Waals surface area contributed by atoms with Gasteiger partial charge >= 0.3 is 0 Å². The van der Waals surface area contributed by atoms with E-state index < -0.39 is 15.9 Å². The second kappa shape index (κ2) is 9.60. The summed E-state index contributed by atoms with van der Waals surface area (Å²) in [6.07, 6.45) is 3.18. The molecule has 9 heteroatoms. The first-order valence-corrected chi connectivity index (χ1v) is 12.1. The fourth-order valence-electron chi connectivity index (χ4n) is 3.74. The summed E-state index contributed by atoms with van der Waals surface area (Å²) in [7, 11) is -3.65. The maximum absolute atomic E-state index is 13.1. The molecule has 8 nitrogen and oxygen atoms in total. The Balaban J connectivity index is 1.54. The van der Waals surface area contributed by atoms with Gasteiger partial charge in [-0.05, 0) is 61.7 Å². The number of nitrogens with zero attached hydrogens (tertiary/aromatic N) is 1. The van der Waals surface area contributed by atoms with Crippen molar-refractivity contribution in [2.45, 2.75) is 31.2 Å². The zero-order valence-corrected chi connectivity index (χ0v) is 19.0. The first-order chi connectivity index (χ1) is 15.9. The van der Waals surface area contributed by atoms with Crippen molar-refractivity contribution < 1.29 is 22.4 Å². The average molecular weight is 468 g/mol. The highest BCUT2D eigenvalue weighted by Gasteiger charge is 2.28. The van der Waals surface area contributed by atoms with Gasteiger partial charge in [0.2, 0.25) is 10.0 Å². The van der Waals surface area contributed by atoms with E-state index in [-0.39, 0.29) is 28.5 Å². The van der Waals surface area contributed by atoms with Crippen LogP contribution in [0, 0.1) is 6.92 Å². The summed E-state index contributed by atoms with van der Waals surface area (Å²) in [5.74, 6) is -0.252. The van der Waals surface area contributed by atoms with Crippen molar-refractivity contribution in [3.8, 4) is 0 Å². The second-order valence-electron chi connectivity index (χ2n) is 7.85. The third-order valence-corrected chi connectivity index (χ3v) is 7.47. The van der Waals surface area contributed by atoms with Gasteiger partial charge in [-0.2, -0.15) is 4.31 Å². The zero-order valence-electron chi connectivity index (χ0n) is 18.2. The van der Waals surface area contributed by atoms with E-state index in [9.17, 15) is 18.0 Å². The quantitative estimate of drug-likeness (QED) is 0.552. The fraction of sp³-hybridized carbons (Fsp3) is 0.250. The molecule has 2 N–H and O–H groups in total. The number of sulfonamides is 1. The standard InChI is InChI=1S/C24H25N3O5S/c1-17-10-11-19(33(30,31)27-12-4-5-13-27)15-21(17)24(29)26-22-9-3-2-8-20(22)23(28)25-16-18-7-6-14-32-18/h2-3,6-11,14-15H,4-5,12-13,16H2,1H3,(H,25,28)(H,26,29). The molecule has 1 aromatic heterocycles. The molecule has 0 saturated carbocycles. The van der Waals surface area contributed by atoms with Gasteiger partial charge in [-0.3, -0.25) is 9.59 Å². The van der Waals surface area contributed by atoms with E-state index in [1.165, 1.54) is 22.7 Å². The van der Waals surface area contributed by atoms with Gasteiger partial charge in [0.15, 0.2) is 0 Å². The summed E-state index contributed by atoms with van der Waals surface area (Å²) in [6.45, 7) is 2.92. The maximum Gasteiger partial charge on any atom is 0.255 e. The third kappa shape index (κ3) is 4.99. The Labute approximate surface area is 192 Å². The monoisotopic (exact) mass is 467 g/mol. The molecule has 1 aliphatic heterocycles. The first-order valence-electron chi connectivity index (χ1n) is 10.7. The molecule has 0 unspecified atom stereocenters. The summed E-state index contributed by atoms with van der Waals surface area (Å²) in [5, 5.41) is 5.52. The van der Waals surface area contributed by atoms with Gasteiger partial charge in [-0.1, -0.05) is 18.2 Å². The lowest BCUT2D eigenvalue weighted by molar-refractivity contribution is 0.0949. The van der Waals surface area contributed by atoms with E-state index in [0.717, 1.165) is 12.8 Å². The highest BCUT2D eigenvalue weighted by Crippen LogP contribution is 2.24. The Bertz CT molecular complexity index is 1260. The van der Waals surface area contributed by atoms with Crippen LogP contribution in [0.1, 0.15) is 44.9 Å². The van der Waals surface area contributed by atoms with Crippen LogP contribution in [0.4, 0.5) is 5.69 Å². The molecule has 0 aliphatic carbocycles. The van der Waals surface area contributed by atoms with Crippen molar-refractivity contribution in [3.05, 3.63) is 83.3 Å². The van der Waals surface area contributed by atoms with Crippen LogP contribution in [0.3, 0.4) is 0 Å². The normalized spacial score (nSPS) is 14.2. The minimum absolute atomic E-state index is 0.0876. The van der Waals surface area contributed by atoms with Crippen molar-refractivity contribution in [3.63, 3.8) is 0 Å². The maximum atomic E-state index is 13.1. The van der Waals surface area contributed by atoms with Gasteiger partial charge in [0, 0.05) is 18.7 Å². The van der Waals surface area contributed by atoms with Gasteiger partial charge < -0.3 is 15.1 Å². The average Bonchev–Trinajstić information content (AvgIpc) is 3.52. The molecular formula is C24H25N3O5S. The molecule has 3 aromatic rings. The van der Waals surface area contributed by atoms with Gasteiger partial charge in [0.25, 0.3) is 11.8 Å². The minimum atomic E-state index is -3.65. The van der Waals surface area contributed by atoms with Crippen molar-refractivity contribution in [1.82, 2.24) is 9.62 Å². The van der Waals surface area contributed by atoms with Crippen LogP contribution in [0.25, 0.3) is 0 Å². The Morgan fingerprint density at radius 3 is 2.45 bits per heavy atom. The summed E-state index contributed by atoms with van der Waals surface area (Å²) >= 11 is 0. The molecule has 172 valence electrons. The number of aryl methyl sites for hydroxylation is 1. The summed E-state index contributed by atoms with van der Waals surface area (Å²) in [4.78, 5) is 25.9.